The van der Waals surface area contributed by atoms with Crippen LogP contribution in [-0.4, -0.2) is 52.6 Å². The lowest BCUT2D eigenvalue weighted by molar-refractivity contribution is -0.383. The van der Waals surface area contributed by atoms with Gasteiger partial charge in [-0.25, -0.2) is 9.97 Å². The molecule has 1 fully saturated rings. The molecule has 24 heavy (non-hydrogen) atoms. The molecule has 1 saturated heterocycles. The van der Waals surface area contributed by atoms with Crippen LogP contribution in [0.1, 0.15) is 32.6 Å². The molecule has 0 amide bonds. The summed E-state index contributed by atoms with van der Waals surface area (Å²) in [5.41, 5.74) is -0.107. The minimum absolute atomic E-state index is 0.107. The second-order valence-corrected chi connectivity index (χ2v) is 6.00. The maximum atomic E-state index is 11.6. The van der Waals surface area contributed by atoms with Gasteiger partial charge in [-0.2, -0.15) is 0 Å². The number of anilines is 2. The van der Waals surface area contributed by atoms with Gasteiger partial charge in [0.1, 0.15) is 6.33 Å². The normalized spacial score (nSPS) is 15.3. The summed E-state index contributed by atoms with van der Waals surface area (Å²) in [4.78, 5) is 34.0. The molecule has 1 aliphatic rings. The van der Waals surface area contributed by atoms with Crippen LogP contribution in [0.15, 0.2) is 6.33 Å². The molecule has 0 atom stereocenters. The largest absolute Gasteiger partial charge is 0.481 e. The van der Waals surface area contributed by atoms with Crippen molar-refractivity contribution in [3.05, 3.63) is 16.4 Å². The van der Waals surface area contributed by atoms with Crippen molar-refractivity contribution in [3.63, 3.8) is 0 Å². The molecular formula is C15H23N5O4. The highest BCUT2D eigenvalue weighted by Gasteiger charge is 2.32. The SMILES string of the molecule is CCCCN(C)c1ncnc(N2CCC(C(=O)O)CC2)c1[N+](=O)[O-]. The molecule has 2 heterocycles. The number of hydrogen-bond donors (Lipinski definition) is 1. The second kappa shape index (κ2) is 7.89. The van der Waals surface area contributed by atoms with E-state index < -0.39 is 16.8 Å². The smallest absolute Gasteiger partial charge is 0.353 e. The Morgan fingerprint density at radius 1 is 1.46 bits per heavy atom. The first kappa shape index (κ1) is 17.9. The number of carboxylic acids is 1. The van der Waals surface area contributed by atoms with E-state index in [1.807, 2.05) is 0 Å². The van der Waals surface area contributed by atoms with Gasteiger partial charge in [-0.15, -0.1) is 0 Å². The zero-order valence-electron chi connectivity index (χ0n) is 14.0. The second-order valence-electron chi connectivity index (χ2n) is 6.00. The molecule has 1 aromatic heterocycles. The van der Waals surface area contributed by atoms with Gasteiger partial charge in [0.2, 0.25) is 11.6 Å². The molecule has 9 nitrogen and oxygen atoms in total. The number of aliphatic carboxylic acids is 1. The highest BCUT2D eigenvalue weighted by atomic mass is 16.6. The Bertz CT molecular complexity index is 602. The lowest BCUT2D eigenvalue weighted by atomic mass is 9.97. The van der Waals surface area contributed by atoms with Crippen molar-refractivity contribution >= 4 is 23.3 Å². The van der Waals surface area contributed by atoms with Gasteiger partial charge in [-0.05, 0) is 19.3 Å². The van der Waals surface area contributed by atoms with Gasteiger partial charge in [0.25, 0.3) is 0 Å². The molecule has 1 aliphatic heterocycles. The fourth-order valence-electron chi connectivity index (χ4n) is 2.87. The van der Waals surface area contributed by atoms with Crippen molar-refractivity contribution in [1.82, 2.24) is 9.97 Å². The van der Waals surface area contributed by atoms with Crippen LogP contribution in [0.25, 0.3) is 0 Å². The van der Waals surface area contributed by atoms with Gasteiger partial charge in [0.15, 0.2) is 0 Å². The fraction of sp³-hybridized carbons (Fsp3) is 0.667. The first-order valence-corrected chi connectivity index (χ1v) is 8.14. The lowest BCUT2D eigenvalue weighted by Crippen LogP contribution is -2.37. The maximum absolute atomic E-state index is 11.6. The van der Waals surface area contributed by atoms with Crippen LogP contribution in [-0.2, 0) is 4.79 Å². The van der Waals surface area contributed by atoms with Gasteiger partial charge >= 0.3 is 11.7 Å². The van der Waals surface area contributed by atoms with Crippen molar-refractivity contribution < 1.29 is 14.8 Å². The van der Waals surface area contributed by atoms with Crippen molar-refractivity contribution in [3.8, 4) is 0 Å². The molecule has 0 bridgehead atoms. The monoisotopic (exact) mass is 337 g/mol. The summed E-state index contributed by atoms with van der Waals surface area (Å²) in [5.74, 6) is -0.628. The number of nitrogens with zero attached hydrogens (tertiary/aromatic N) is 5. The average molecular weight is 337 g/mol. The minimum atomic E-state index is -0.813. The Hall–Kier alpha value is -2.45. The molecular weight excluding hydrogens is 314 g/mol. The summed E-state index contributed by atoms with van der Waals surface area (Å²) in [6.07, 6.45) is 4.15. The highest BCUT2D eigenvalue weighted by molar-refractivity contribution is 5.73. The number of unbranched alkanes of at least 4 members (excludes halogenated alkanes) is 1. The molecule has 2 rings (SSSR count). The van der Waals surface area contributed by atoms with E-state index in [9.17, 15) is 14.9 Å². The van der Waals surface area contributed by atoms with Crippen LogP contribution >= 0.6 is 0 Å². The standard InChI is InChI=1S/C15H23N5O4/c1-3-4-7-18(2)13-12(20(23)24)14(17-10-16-13)19-8-5-11(6-9-19)15(21)22/h10-11H,3-9H2,1-2H3,(H,21,22). The Balaban J connectivity index is 2.27. The first-order valence-electron chi connectivity index (χ1n) is 8.14. The predicted octanol–water partition coefficient (Wildman–Crippen LogP) is 1.92. The topological polar surface area (TPSA) is 113 Å². The minimum Gasteiger partial charge on any atom is -0.481 e. The summed E-state index contributed by atoms with van der Waals surface area (Å²) in [6.45, 7) is 3.61. The van der Waals surface area contributed by atoms with E-state index in [2.05, 4.69) is 16.9 Å². The van der Waals surface area contributed by atoms with E-state index in [1.54, 1.807) is 16.8 Å². The maximum Gasteiger partial charge on any atom is 0.353 e. The van der Waals surface area contributed by atoms with Crippen molar-refractivity contribution in [2.45, 2.75) is 32.6 Å². The molecule has 0 radical (unpaired) electrons. The van der Waals surface area contributed by atoms with E-state index in [0.717, 1.165) is 12.8 Å². The number of nitro groups is 1. The third-order valence-electron chi connectivity index (χ3n) is 4.32. The van der Waals surface area contributed by atoms with Gasteiger partial charge in [0, 0.05) is 26.7 Å². The van der Waals surface area contributed by atoms with Gasteiger partial charge in [-0.3, -0.25) is 14.9 Å². The average Bonchev–Trinajstić information content (AvgIpc) is 2.58. The van der Waals surface area contributed by atoms with Crippen LogP contribution in [0, 0.1) is 16.0 Å². The van der Waals surface area contributed by atoms with Gasteiger partial charge < -0.3 is 14.9 Å². The Morgan fingerprint density at radius 3 is 2.67 bits per heavy atom. The highest BCUT2D eigenvalue weighted by Crippen LogP contribution is 2.35. The van der Waals surface area contributed by atoms with Gasteiger partial charge in [-0.1, -0.05) is 13.3 Å². The Labute approximate surface area is 140 Å². The van der Waals surface area contributed by atoms with Crippen LogP contribution in [0.5, 0.6) is 0 Å². The van der Waals surface area contributed by atoms with Crippen LogP contribution in [0.4, 0.5) is 17.3 Å². The number of piperidine rings is 1. The molecule has 132 valence electrons. The Morgan fingerprint density at radius 2 is 2.12 bits per heavy atom. The molecule has 0 unspecified atom stereocenters. The lowest BCUT2D eigenvalue weighted by Gasteiger charge is -2.31. The number of carbonyl (C=O) groups is 1. The number of rotatable bonds is 7. The van der Waals surface area contributed by atoms with E-state index in [-0.39, 0.29) is 11.5 Å². The number of carboxylic acid groups (broad SMARTS) is 1. The molecule has 9 heteroatoms. The first-order chi connectivity index (χ1) is 11.5. The molecule has 1 aromatic rings. The quantitative estimate of drug-likeness (QED) is 0.593. The zero-order chi connectivity index (χ0) is 17.7. The summed E-state index contributed by atoms with van der Waals surface area (Å²) in [5, 5.41) is 20.7. The third kappa shape index (κ3) is 3.90. The molecule has 0 spiro atoms. The van der Waals surface area contributed by atoms with Crippen molar-refractivity contribution in [1.29, 1.82) is 0 Å². The molecule has 0 aliphatic carbocycles. The summed E-state index contributed by atoms with van der Waals surface area (Å²) >= 11 is 0. The number of hydrogen-bond acceptors (Lipinski definition) is 7. The fourth-order valence-corrected chi connectivity index (χ4v) is 2.87. The van der Waals surface area contributed by atoms with E-state index in [1.165, 1.54) is 6.33 Å². The number of aromatic nitrogens is 2. The van der Waals surface area contributed by atoms with E-state index >= 15 is 0 Å². The van der Waals surface area contributed by atoms with Crippen molar-refractivity contribution in [2.75, 3.05) is 36.5 Å². The Kier molecular flexibility index (Phi) is 5.88. The zero-order valence-corrected chi connectivity index (χ0v) is 14.0. The molecule has 0 saturated carbocycles. The van der Waals surface area contributed by atoms with E-state index in [4.69, 9.17) is 5.11 Å². The third-order valence-corrected chi connectivity index (χ3v) is 4.32. The van der Waals surface area contributed by atoms with Crippen LogP contribution in [0.3, 0.4) is 0 Å². The predicted molar refractivity (Wildman–Crippen MR) is 89.4 cm³/mol. The molecule has 0 aromatic carbocycles. The summed E-state index contributed by atoms with van der Waals surface area (Å²) in [6, 6.07) is 0. The van der Waals surface area contributed by atoms with Crippen molar-refractivity contribution in [2.24, 2.45) is 5.92 Å². The van der Waals surface area contributed by atoms with Crippen LogP contribution < -0.4 is 9.80 Å². The van der Waals surface area contributed by atoms with Gasteiger partial charge in [0.05, 0.1) is 10.8 Å². The van der Waals surface area contributed by atoms with E-state index in [0.29, 0.717) is 38.3 Å². The van der Waals surface area contributed by atoms with Crippen LogP contribution in [0.2, 0.25) is 0 Å². The summed E-state index contributed by atoms with van der Waals surface area (Å²) < 4.78 is 0. The summed E-state index contributed by atoms with van der Waals surface area (Å²) in [7, 11) is 1.78. The molecule has 1 N–H and O–H groups in total.